The van der Waals surface area contributed by atoms with E-state index in [1.54, 1.807) is 0 Å². The minimum atomic E-state index is -2.37. The Kier molecular flexibility index (Phi) is 1.62. The molecule has 0 spiro atoms. The number of nitrogens with zero attached hydrogens (tertiary/aromatic N) is 1. The van der Waals surface area contributed by atoms with Crippen molar-refractivity contribution in [3.05, 3.63) is 0 Å². The first-order valence-electron chi connectivity index (χ1n) is 4.87. The number of hydrogen-bond acceptors (Lipinski definition) is 2. The summed E-state index contributed by atoms with van der Waals surface area (Å²) in [5.74, 6) is -2.37. The van der Waals surface area contributed by atoms with Gasteiger partial charge in [-0.15, -0.1) is 11.6 Å². The molecular weight excluding hydrogens is 138 g/mol. The van der Waals surface area contributed by atoms with Crippen LogP contribution in [-0.2, 0) is 4.74 Å². The molecule has 0 bridgehead atoms. The summed E-state index contributed by atoms with van der Waals surface area (Å²) in [5.41, 5.74) is 0. The van der Waals surface area contributed by atoms with Crippen molar-refractivity contribution in [1.82, 2.24) is 4.90 Å². The van der Waals surface area contributed by atoms with E-state index in [9.17, 15) is 0 Å². The molecule has 9 heavy (non-hydrogen) atoms. The van der Waals surface area contributed by atoms with Crippen molar-refractivity contribution >= 4 is 11.6 Å². The SMILES string of the molecule is [2H]C([2H])(Cl)C([2H])([2H])N1CCOCC1. The smallest absolute Gasteiger partial charge is 0.0594 e. The molecule has 0 radical (unpaired) electrons. The Bertz CT molecular complexity index is 178. The second-order valence-electron chi connectivity index (χ2n) is 1.81. The lowest BCUT2D eigenvalue weighted by Crippen LogP contribution is -2.37. The first-order chi connectivity index (χ1) is 5.86. The Balaban J connectivity index is 2.67. The highest BCUT2D eigenvalue weighted by atomic mass is 35.5. The fourth-order valence-electron chi connectivity index (χ4n) is 0.735. The van der Waals surface area contributed by atoms with Crippen LogP contribution in [0.3, 0.4) is 0 Å². The van der Waals surface area contributed by atoms with Gasteiger partial charge in [-0.1, -0.05) is 0 Å². The zero-order valence-corrected chi connectivity index (χ0v) is 5.82. The predicted octanol–water partition coefficient (Wildman–Crippen LogP) is 0.557. The van der Waals surface area contributed by atoms with E-state index in [1.807, 2.05) is 0 Å². The summed E-state index contributed by atoms with van der Waals surface area (Å²) in [6.45, 7) is -0.546. The number of ether oxygens (including phenoxy) is 1. The average molecular weight is 154 g/mol. The van der Waals surface area contributed by atoms with E-state index in [1.165, 1.54) is 4.90 Å². The summed E-state index contributed by atoms with van der Waals surface area (Å²) in [5, 5.41) is 0. The zero-order chi connectivity index (χ0) is 10.1. The van der Waals surface area contributed by atoms with Crippen LogP contribution in [0, 0.1) is 0 Å². The van der Waals surface area contributed by atoms with Crippen molar-refractivity contribution in [2.45, 2.75) is 0 Å². The molecule has 54 valence electrons. The van der Waals surface area contributed by atoms with Gasteiger partial charge >= 0.3 is 0 Å². The van der Waals surface area contributed by atoms with Crippen molar-refractivity contribution < 1.29 is 10.2 Å². The summed E-state index contributed by atoms with van der Waals surface area (Å²) < 4.78 is 34.3. The topological polar surface area (TPSA) is 12.5 Å². The van der Waals surface area contributed by atoms with Crippen LogP contribution in [0.15, 0.2) is 0 Å². The molecule has 0 atom stereocenters. The molecule has 0 saturated carbocycles. The number of halogens is 1. The van der Waals surface area contributed by atoms with Gasteiger partial charge in [0.2, 0.25) is 0 Å². The number of morpholine rings is 1. The summed E-state index contributed by atoms with van der Waals surface area (Å²) in [6.07, 6.45) is 0. The molecule has 1 rings (SSSR count). The Morgan fingerprint density at radius 2 is 2.22 bits per heavy atom. The average Bonchev–Trinajstić information content (AvgIpc) is 2.04. The van der Waals surface area contributed by atoms with E-state index in [0.717, 1.165) is 0 Å². The molecule has 1 fully saturated rings. The van der Waals surface area contributed by atoms with Crippen molar-refractivity contribution in [2.75, 3.05) is 38.6 Å². The van der Waals surface area contributed by atoms with Gasteiger partial charge in [0.05, 0.1) is 13.2 Å². The van der Waals surface area contributed by atoms with Crippen LogP contribution in [-0.4, -0.2) is 43.5 Å². The van der Waals surface area contributed by atoms with Crippen LogP contribution in [0.2, 0.25) is 0 Å². The maximum absolute atomic E-state index is 7.50. The molecule has 3 heteroatoms. The van der Waals surface area contributed by atoms with E-state index < -0.39 is 12.3 Å². The van der Waals surface area contributed by atoms with Crippen molar-refractivity contribution in [1.29, 1.82) is 0 Å². The van der Waals surface area contributed by atoms with Crippen LogP contribution < -0.4 is 0 Å². The fraction of sp³-hybridized carbons (Fsp3) is 1.00. The summed E-state index contributed by atoms with van der Waals surface area (Å²) >= 11 is 5.33. The predicted molar refractivity (Wildman–Crippen MR) is 38.0 cm³/mol. The van der Waals surface area contributed by atoms with E-state index in [0.29, 0.717) is 26.3 Å². The van der Waals surface area contributed by atoms with Gasteiger partial charge in [0.1, 0.15) is 0 Å². The minimum absolute atomic E-state index is 0.374. The van der Waals surface area contributed by atoms with E-state index >= 15 is 0 Å². The lowest BCUT2D eigenvalue weighted by atomic mass is 10.4. The lowest BCUT2D eigenvalue weighted by Gasteiger charge is -2.25. The van der Waals surface area contributed by atoms with Crippen molar-refractivity contribution in [3.8, 4) is 0 Å². The Morgan fingerprint density at radius 1 is 1.56 bits per heavy atom. The molecule has 0 aromatic rings. The molecule has 0 unspecified atom stereocenters. The highest BCUT2D eigenvalue weighted by Gasteiger charge is 2.07. The normalized spacial score (nSPS) is 32.1. The van der Waals surface area contributed by atoms with Gasteiger partial charge in [0.15, 0.2) is 0 Å². The van der Waals surface area contributed by atoms with Crippen LogP contribution in [0.4, 0.5) is 0 Å². The van der Waals surface area contributed by atoms with Crippen molar-refractivity contribution in [3.63, 3.8) is 0 Å². The number of hydrogen-bond donors (Lipinski definition) is 0. The Hall–Kier alpha value is 0.210. The molecule has 0 amide bonds. The lowest BCUT2D eigenvalue weighted by molar-refractivity contribution is 0.0408. The molecular formula is C6H12ClNO. The standard InChI is InChI=1S/C6H12ClNO/c7-1-2-8-3-5-9-6-4-8/h1-6H2/i1D2,2D2. The van der Waals surface area contributed by atoms with Gasteiger partial charge in [0.25, 0.3) is 0 Å². The Labute approximate surface area is 66.4 Å². The fourth-order valence-corrected chi connectivity index (χ4v) is 0.854. The second kappa shape index (κ2) is 4.09. The van der Waals surface area contributed by atoms with Gasteiger partial charge in [-0.2, -0.15) is 0 Å². The highest BCUT2D eigenvalue weighted by Crippen LogP contribution is 1.95. The molecule has 0 N–H and O–H groups in total. The second-order valence-corrected chi connectivity index (χ2v) is 1.99. The minimum Gasteiger partial charge on any atom is -0.379 e. The van der Waals surface area contributed by atoms with E-state index in [2.05, 4.69) is 0 Å². The molecule has 0 aliphatic carbocycles. The molecule has 0 aromatic heterocycles. The molecule has 1 aliphatic heterocycles. The molecule has 1 heterocycles. The highest BCUT2D eigenvalue weighted by molar-refractivity contribution is 6.18. The third-order valence-corrected chi connectivity index (χ3v) is 1.30. The van der Waals surface area contributed by atoms with Gasteiger partial charge in [-0.25, -0.2) is 0 Å². The van der Waals surface area contributed by atoms with Crippen LogP contribution >= 0.6 is 11.6 Å². The molecule has 2 nitrogen and oxygen atoms in total. The maximum atomic E-state index is 7.50. The third-order valence-electron chi connectivity index (χ3n) is 1.21. The summed E-state index contributed by atoms with van der Waals surface area (Å²) in [4.78, 5) is 1.36. The van der Waals surface area contributed by atoms with Gasteiger partial charge < -0.3 is 4.74 Å². The van der Waals surface area contributed by atoms with E-state index in [-0.39, 0.29) is 0 Å². The maximum Gasteiger partial charge on any atom is 0.0594 e. The largest absolute Gasteiger partial charge is 0.379 e. The van der Waals surface area contributed by atoms with Gasteiger partial charge in [-0.05, 0) is 0 Å². The molecule has 0 aromatic carbocycles. The number of alkyl halides is 1. The monoisotopic (exact) mass is 153 g/mol. The zero-order valence-electron chi connectivity index (χ0n) is 9.06. The van der Waals surface area contributed by atoms with Gasteiger partial charge in [0, 0.05) is 30.9 Å². The summed E-state index contributed by atoms with van der Waals surface area (Å²) in [6, 6.07) is 0. The van der Waals surface area contributed by atoms with Crippen LogP contribution in [0.5, 0.6) is 0 Å². The first kappa shape index (κ1) is 3.56. The Morgan fingerprint density at radius 3 is 2.78 bits per heavy atom. The van der Waals surface area contributed by atoms with Crippen LogP contribution in [0.1, 0.15) is 5.48 Å². The third kappa shape index (κ3) is 2.52. The summed E-state index contributed by atoms with van der Waals surface area (Å²) in [7, 11) is 0. The first-order valence-corrected chi connectivity index (χ1v) is 3.25. The quantitative estimate of drug-likeness (QED) is 0.538. The molecule has 1 saturated heterocycles. The van der Waals surface area contributed by atoms with Crippen LogP contribution in [0.25, 0.3) is 0 Å². The van der Waals surface area contributed by atoms with Gasteiger partial charge in [-0.3, -0.25) is 4.90 Å². The van der Waals surface area contributed by atoms with E-state index in [4.69, 9.17) is 21.8 Å². The van der Waals surface area contributed by atoms with Crippen molar-refractivity contribution in [2.24, 2.45) is 0 Å². The molecule has 1 aliphatic rings. The number of rotatable bonds is 2.